The monoisotopic (exact) mass is 304 g/mol. The van der Waals surface area contributed by atoms with E-state index in [1.54, 1.807) is 11.3 Å². The number of nitrogens with zero attached hydrogens (tertiary/aromatic N) is 1. The largest absolute Gasteiger partial charge is 0.486 e. The lowest BCUT2D eigenvalue weighted by molar-refractivity contribution is 0.170. The molecule has 5 heteroatoms. The number of hydrogen-bond acceptors (Lipinski definition) is 5. The van der Waals surface area contributed by atoms with Gasteiger partial charge < -0.3 is 15.2 Å². The van der Waals surface area contributed by atoms with E-state index in [1.807, 2.05) is 6.07 Å². The molecule has 0 radical (unpaired) electrons. The number of fused-ring (bicyclic) bond motifs is 1. The van der Waals surface area contributed by atoms with Crippen LogP contribution in [-0.2, 0) is 6.54 Å². The molecule has 2 heterocycles. The van der Waals surface area contributed by atoms with E-state index in [-0.39, 0.29) is 6.04 Å². The van der Waals surface area contributed by atoms with Crippen LogP contribution in [0.2, 0.25) is 0 Å². The maximum Gasteiger partial charge on any atom is 0.161 e. The molecule has 1 unspecified atom stereocenters. The first-order valence-corrected chi connectivity index (χ1v) is 8.03. The first-order valence-electron chi connectivity index (χ1n) is 7.09. The molecule has 3 rings (SSSR count). The summed E-state index contributed by atoms with van der Waals surface area (Å²) in [5, 5.41) is 4.28. The van der Waals surface area contributed by atoms with Crippen molar-refractivity contribution >= 4 is 11.3 Å². The van der Waals surface area contributed by atoms with Crippen LogP contribution < -0.4 is 15.2 Å². The predicted molar refractivity (Wildman–Crippen MR) is 85.0 cm³/mol. The highest BCUT2D eigenvalue weighted by Crippen LogP contribution is 2.33. The van der Waals surface area contributed by atoms with E-state index in [2.05, 4.69) is 40.9 Å². The van der Waals surface area contributed by atoms with E-state index in [0.29, 0.717) is 19.8 Å². The second-order valence-corrected chi connectivity index (χ2v) is 5.98. The molecule has 0 fully saturated rings. The lowest BCUT2D eigenvalue weighted by Crippen LogP contribution is -2.30. The van der Waals surface area contributed by atoms with Crippen molar-refractivity contribution < 1.29 is 9.47 Å². The van der Waals surface area contributed by atoms with Crippen molar-refractivity contribution in [1.29, 1.82) is 0 Å². The summed E-state index contributed by atoms with van der Waals surface area (Å²) in [7, 11) is 2.10. The summed E-state index contributed by atoms with van der Waals surface area (Å²) < 4.78 is 11.2. The van der Waals surface area contributed by atoms with Gasteiger partial charge >= 0.3 is 0 Å². The summed E-state index contributed by atoms with van der Waals surface area (Å²) in [6, 6.07) is 8.43. The maximum absolute atomic E-state index is 6.00. The van der Waals surface area contributed by atoms with E-state index in [4.69, 9.17) is 15.2 Å². The molecule has 0 saturated carbocycles. The Morgan fingerprint density at radius 3 is 2.76 bits per heavy atom. The zero-order valence-electron chi connectivity index (χ0n) is 12.1. The van der Waals surface area contributed by atoms with E-state index in [9.17, 15) is 0 Å². The second kappa shape index (κ2) is 6.47. The van der Waals surface area contributed by atoms with Gasteiger partial charge in [0, 0.05) is 19.1 Å². The molecule has 2 N–H and O–H groups in total. The smallest absolute Gasteiger partial charge is 0.161 e. The molecule has 0 amide bonds. The highest BCUT2D eigenvalue weighted by molar-refractivity contribution is 7.07. The Labute approximate surface area is 129 Å². The molecular weight excluding hydrogens is 284 g/mol. The molecule has 2 aromatic rings. The Morgan fingerprint density at radius 1 is 1.24 bits per heavy atom. The minimum atomic E-state index is 0.167. The Balaban J connectivity index is 1.79. The third-order valence-electron chi connectivity index (χ3n) is 3.72. The van der Waals surface area contributed by atoms with Gasteiger partial charge in [-0.05, 0) is 47.1 Å². The van der Waals surface area contributed by atoms with Crippen LogP contribution in [0.3, 0.4) is 0 Å². The molecule has 1 aromatic heterocycles. The summed E-state index contributed by atoms with van der Waals surface area (Å²) in [5.41, 5.74) is 8.48. The van der Waals surface area contributed by atoms with Gasteiger partial charge in [-0.3, -0.25) is 4.90 Å². The molecule has 1 atom stereocenters. The first kappa shape index (κ1) is 14.4. The van der Waals surface area contributed by atoms with Crippen LogP contribution in [0.15, 0.2) is 35.0 Å². The van der Waals surface area contributed by atoms with Crippen molar-refractivity contribution in [2.75, 3.05) is 26.8 Å². The van der Waals surface area contributed by atoms with Gasteiger partial charge in [0.15, 0.2) is 11.5 Å². The fraction of sp³-hybridized carbons (Fsp3) is 0.375. The number of ether oxygens (including phenoxy) is 2. The molecule has 4 nitrogen and oxygen atoms in total. The normalized spacial score (nSPS) is 15.2. The number of likely N-dealkylation sites (N-methyl/N-ethyl adjacent to an activating group) is 1. The van der Waals surface area contributed by atoms with Crippen molar-refractivity contribution in [3.8, 4) is 11.5 Å². The number of rotatable bonds is 5. The lowest BCUT2D eigenvalue weighted by Gasteiger charge is -2.28. The highest BCUT2D eigenvalue weighted by atomic mass is 32.1. The average Bonchev–Trinajstić information content (AvgIpc) is 3.01. The van der Waals surface area contributed by atoms with E-state index in [0.717, 1.165) is 18.0 Å². The summed E-state index contributed by atoms with van der Waals surface area (Å²) in [6.07, 6.45) is 0. The van der Waals surface area contributed by atoms with Crippen molar-refractivity contribution in [3.05, 3.63) is 46.2 Å². The molecule has 1 aliphatic rings. The molecule has 0 saturated heterocycles. The molecule has 0 bridgehead atoms. The van der Waals surface area contributed by atoms with Gasteiger partial charge in [0.25, 0.3) is 0 Å². The van der Waals surface area contributed by atoms with Gasteiger partial charge in [-0.1, -0.05) is 6.07 Å². The van der Waals surface area contributed by atoms with Gasteiger partial charge in [-0.15, -0.1) is 0 Å². The molecule has 112 valence electrons. The third-order valence-corrected chi connectivity index (χ3v) is 4.45. The SMILES string of the molecule is CN(Cc1ccsc1)C(CN)c1ccc2c(c1)OCCO2. The fourth-order valence-electron chi connectivity index (χ4n) is 2.62. The Bertz CT molecular complexity index is 586. The van der Waals surface area contributed by atoms with Gasteiger partial charge in [0.1, 0.15) is 13.2 Å². The molecule has 21 heavy (non-hydrogen) atoms. The van der Waals surface area contributed by atoms with Gasteiger partial charge in [0.05, 0.1) is 0 Å². The number of benzene rings is 1. The molecule has 1 aromatic carbocycles. The van der Waals surface area contributed by atoms with Crippen molar-refractivity contribution in [2.24, 2.45) is 5.73 Å². The van der Waals surface area contributed by atoms with Crippen LogP contribution in [0, 0.1) is 0 Å². The van der Waals surface area contributed by atoms with Crippen LogP contribution in [0.1, 0.15) is 17.2 Å². The van der Waals surface area contributed by atoms with E-state index >= 15 is 0 Å². The Morgan fingerprint density at radius 2 is 2.05 bits per heavy atom. The lowest BCUT2D eigenvalue weighted by atomic mass is 10.0. The number of hydrogen-bond donors (Lipinski definition) is 1. The first-order chi connectivity index (χ1) is 10.3. The van der Waals surface area contributed by atoms with Gasteiger partial charge in [-0.2, -0.15) is 11.3 Å². The zero-order valence-corrected chi connectivity index (χ0v) is 12.9. The van der Waals surface area contributed by atoms with Crippen LogP contribution in [0.5, 0.6) is 11.5 Å². The van der Waals surface area contributed by atoms with Crippen molar-refractivity contribution in [2.45, 2.75) is 12.6 Å². The summed E-state index contributed by atoms with van der Waals surface area (Å²) in [5.74, 6) is 1.64. The Kier molecular flexibility index (Phi) is 4.43. The standard InChI is InChI=1S/C16H20N2O2S/c1-18(10-12-4-7-21-11-12)14(9-17)13-2-3-15-16(8-13)20-6-5-19-15/h2-4,7-8,11,14H,5-6,9-10,17H2,1H3. The summed E-state index contributed by atoms with van der Waals surface area (Å²) in [4.78, 5) is 2.27. The van der Waals surface area contributed by atoms with Gasteiger partial charge in [0.2, 0.25) is 0 Å². The molecule has 0 aliphatic carbocycles. The average molecular weight is 304 g/mol. The highest BCUT2D eigenvalue weighted by Gasteiger charge is 2.19. The zero-order chi connectivity index (χ0) is 14.7. The third kappa shape index (κ3) is 3.20. The van der Waals surface area contributed by atoms with Crippen molar-refractivity contribution in [1.82, 2.24) is 4.90 Å². The molecule has 1 aliphatic heterocycles. The Hall–Kier alpha value is -1.56. The van der Waals surface area contributed by atoms with E-state index in [1.165, 1.54) is 11.1 Å². The van der Waals surface area contributed by atoms with Crippen molar-refractivity contribution in [3.63, 3.8) is 0 Å². The number of nitrogens with two attached hydrogens (primary N) is 1. The maximum atomic E-state index is 6.00. The minimum Gasteiger partial charge on any atom is -0.486 e. The summed E-state index contributed by atoms with van der Waals surface area (Å²) in [6.45, 7) is 2.68. The minimum absolute atomic E-state index is 0.167. The number of thiophene rings is 1. The van der Waals surface area contributed by atoms with Crippen LogP contribution >= 0.6 is 11.3 Å². The second-order valence-electron chi connectivity index (χ2n) is 5.20. The molecular formula is C16H20N2O2S. The predicted octanol–water partition coefficient (Wildman–Crippen LogP) is 2.65. The van der Waals surface area contributed by atoms with Gasteiger partial charge in [-0.25, -0.2) is 0 Å². The quantitative estimate of drug-likeness (QED) is 0.922. The molecule has 0 spiro atoms. The summed E-state index contributed by atoms with van der Waals surface area (Å²) >= 11 is 1.72. The fourth-order valence-corrected chi connectivity index (χ4v) is 3.28. The van der Waals surface area contributed by atoms with E-state index < -0.39 is 0 Å². The van der Waals surface area contributed by atoms with Crippen LogP contribution in [-0.4, -0.2) is 31.7 Å². The topological polar surface area (TPSA) is 47.7 Å². The van der Waals surface area contributed by atoms with Crippen LogP contribution in [0.4, 0.5) is 0 Å². The van der Waals surface area contributed by atoms with Crippen LogP contribution in [0.25, 0.3) is 0 Å².